The number of aliphatic hydroxyl groups excluding tert-OH is 3. The molecule has 0 amide bonds. The molecule has 1 aliphatic rings. The summed E-state index contributed by atoms with van der Waals surface area (Å²) in [7, 11) is 0. The molecule has 1 saturated carbocycles. The zero-order valence-electron chi connectivity index (χ0n) is 7.09. The van der Waals surface area contributed by atoms with E-state index in [2.05, 4.69) is 0 Å². The van der Waals surface area contributed by atoms with E-state index in [-0.39, 0.29) is 17.1 Å². The molecule has 87 valence electrons. The third kappa shape index (κ3) is 2.44. The molecule has 0 heterocycles. The second-order valence-electron chi connectivity index (χ2n) is 3.37. The molecule has 5 N–H and O–H groups in total. The summed E-state index contributed by atoms with van der Waals surface area (Å²) in [6.07, 6.45) is -5.16. The Bertz CT molecular complexity index is 208. The largest absolute Gasteiger partial charge is 0.479 e. The Hall–Kier alpha value is -0.171. The summed E-state index contributed by atoms with van der Waals surface area (Å²) in [5.41, 5.74) is -2.14. The molecule has 0 aromatic heterocycles. The SMILES string of the molecule is O=C(O)C1(O)C[C@@H](O)C(O)[C@H](O)C1.[Cu]. The minimum absolute atomic E-state index is 0. The fourth-order valence-corrected chi connectivity index (χ4v) is 1.45. The van der Waals surface area contributed by atoms with Crippen LogP contribution in [0.2, 0.25) is 0 Å². The monoisotopic (exact) mass is 255 g/mol. The van der Waals surface area contributed by atoms with E-state index in [1.807, 2.05) is 0 Å². The van der Waals surface area contributed by atoms with E-state index in [0.717, 1.165) is 0 Å². The van der Waals surface area contributed by atoms with Crippen molar-refractivity contribution in [1.29, 1.82) is 0 Å². The molecule has 6 nitrogen and oxygen atoms in total. The average molecular weight is 256 g/mol. The molecular weight excluding hydrogens is 244 g/mol. The van der Waals surface area contributed by atoms with Crippen LogP contribution >= 0.6 is 0 Å². The Balaban J connectivity index is 0.00000169. The third-order valence-corrected chi connectivity index (χ3v) is 2.28. The first kappa shape index (κ1) is 13.8. The Morgan fingerprint density at radius 3 is 1.79 bits per heavy atom. The van der Waals surface area contributed by atoms with Crippen LogP contribution in [0.1, 0.15) is 12.8 Å². The molecule has 0 saturated heterocycles. The van der Waals surface area contributed by atoms with Crippen molar-refractivity contribution < 1.29 is 47.4 Å². The molecule has 2 atom stereocenters. The first-order chi connectivity index (χ1) is 5.87. The Morgan fingerprint density at radius 2 is 1.50 bits per heavy atom. The predicted molar refractivity (Wildman–Crippen MR) is 39.8 cm³/mol. The number of carbonyl (C=O) groups is 1. The van der Waals surface area contributed by atoms with Crippen molar-refractivity contribution in [2.24, 2.45) is 0 Å². The molecule has 14 heavy (non-hydrogen) atoms. The molecule has 0 spiro atoms. The van der Waals surface area contributed by atoms with Gasteiger partial charge >= 0.3 is 5.97 Å². The number of hydrogen-bond donors (Lipinski definition) is 5. The van der Waals surface area contributed by atoms with E-state index in [1.165, 1.54) is 0 Å². The van der Waals surface area contributed by atoms with Gasteiger partial charge in [0.25, 0.3) is 0 Å². The summed E-state index contributed by atoms with van der Waals surface area (Å²) < 4.78 is 0. The van der Waals surface area contributed by atoms with Crippen molar-refractivity contribution in [2.75, 3.05) is 0 Å². The van der Waals surface area contributed by atoms with Crippen molar-refractivity contribution in [3.05, 3.63) is 0 Å². The number of rotatable bonds is 1. The molecule has 0 unspecified atom stereocenters. The summed E-state index contributed by atoms with van der Waals surface area (Å²) in [4.78, 5) is 10.5. The Kier molecular flexibility index (Phi) is 4.51. The van der Waals surface area contributed by atoms with Crippen molar-refractivity contribution in [3.8, 4) is 0 Å². The second kappa shape index (κ2) is 4.57. The van der Waals surface area contributed by atoms with Crippen LogP contribution in [0, 0.1) is 0 Å². The van der Waals surface area contributed by atoms with Crippen LogP contribution in [0.25, 0.3) is 0 Å². The number of aliphatic hydroxyl groups is 4. The molecule has 0 bridgehead atoms. The van der Waals surface area contributed by atoms with Gasteiger partial charge in [-0.2, -0.15) is 0 Å². The van der Waals surface area contributed by atoms with Crippen molar-refractivity contribution >= 4 is 5.97 Å². The van der Waals surface area contributed by atoms with E-state index >= 15 is 0 Å². The molecule has 1 fully saturated rings. The minimum Gasteiger partial charge on any atom is -0.479 e. The number of carboxylic acids is 1. The molecular formula is C7H12CuO6. The van der Waals surface area contributed by atoms with Crippen LogP contribution in [0.15, 0.2) is 0 Å². The van der Waals surface area contributed by atoms with Gasteiger partial charge in [0.05, 0.1) is 12.2 Å². The van der Waals surface area contributed by atoms with Gasteiger partial charge in [0.15, 0.2) is 5.60 Å². The van der Waals surface area contributed by atoms with E-state index in [1.54, 1.807) is 0 Å². The van der Waals surface area contributed by atoms with Gasteiger partial charge < -0.3 is 25.5 Å². The summed E-state index contributed by atoms with van der Waals surface area (Å²) in [6, 6.07) is 0. The van der Waals surface area contributed by atoms with Gasteiger partial charge in [-0.25, -0.2) is 4.79 Å². The number of hydrogen-bond acceptors (Lipinski definition) is 5. The summed E-state index contributed by atoms with van der Waals surface area (Å²) in [6.45, 7) is 0. The normalized spacial score (nSPS) is 42.7. The standard InChI is InChI=1S/C7H12O6.Cu/c8-3-1-7(13,6(11)12)2-4(9)5(3)10;/h3-5,8-10,13H,1-2H2,(H,11,12);/t3-,4-,5?,7?;/m1./s1. The van der Waals surface area contributed by atoms with Gasteiger partial charge in [-0.05, 0) is 0 Å². The maximum absolute atomic E-state index is 10.5. The van der Waals surface area contributed by atoms with Gasteiger partial charge in [-0.15, -0.1) is 0 Å². The Morgan fingerprint density at radius 1 is 1.14 bits per heavy atom. The van der Waals surface area contributed by atoms with Crippen molar-refractivity contribution in [1.82, 2.24) is 0 Å². The fourth-order valence-electron chi connectivity index (χ4n) is 1.45. The molecule has 0 aromatic rings. The molecule has 1 aliphatic carbocycles. The van der Waals surface area contributed by atoms with Gasteiger partial charge in [0, 0.05) is 29.9 Å². The third-order valence-electron chi connectivity index (χ3n) is 2.28. The molecule has 0 aliphatic heterocycles. The average Bonchev–Trinajstić information content (AvgIpc) is 2.00. The smallest absolute Gasteiger partial charge is 0.335 e. The van der Waals surface area contributed by atoms with Crippen molar-refractivity contribution in [2.45, 2.75) is 36.8 Å². The predicted octanol–water partition coefficient (Wildman–Crippen LogP) is -2.32. The summed E-state index contributed by atoms with van der Waals surface area (Å²) in [5, 5.41) is 45.2. The zero-order valence-corrected chi connectivity index (χ0v) is 8.03. The summed E-state index contributed by atoms with van der Waals surface area (Å²) >= 11 is 0. The first-order valence-corrected chi connectivity index (χ1v) is 3.87. The molecule has 1 radical (unpaired) electrons. The molecule has 7 heteroatoms. The van der Waals surface area contributed by atoms with Crippen LogP contribution in [0.4, 0.5) is 0 Å². The maximum Gasteiger partial charge on any atom is 0.335 e. The van der Waals surface area contributed by atoms with Crippen molar-refractivity contribution in [3.63, 3.8) is 0 Å². The number of carboxylic acid groups (broad SMARTS) is 1. The van der Waals surface area contributed by atoms with Gasteiger partial charge in [-0.1, -0.05) is 0 Å². The Labute approximate surface area is 90.7 Å². The van der Waals surface area contributed by atoms with E-state index in [9.17, 15) is 9.90 Å². The quantitative estimate of drug-likeness (QED) is 0.336. The van der Waals surface area contributed by atoms with Gasteiger partial charge in [-0.3, -0.25) is 0 Å². The van der Waals surface area contributed by atoms with E-state index < -0.39 is 42.7 Å². The van der Waals surface area contributed by atoms with Crippen LogP contribution < -0.4 is 0 Å². The maximum atomic E-state index is 10.5. The second-order valence-corrected chi connectivity index (χ2v) is 3.37. The molecule has 0 aromatic carbocycles. The van der Waals surface area contributed by atoms with Crippen LogP contribution in [0.5, 0.6) is 0 Å². The minimum atomic E-state index is -2.14. The topological polar surface area (TPSA) is 118 Å². The van der Waals surface area contributed by atoms with Gasteiger partial charge in [0.2, 0.25) is 0 Å². The van der Waals surface area contributed by atoms with E-state index in [0.29, 0.717) is 0 Å². The van der Waals surface area contributed by atoms with E-state index in [4.69, 9.17) is 20.4 Å². The van der Waals surface area contributed by atoms with Crippen LogP contribution in [-0.4, -0.2) is 55.4 Å². The zero-order chi connectivity index (χ0) is 10.2. The number of aliphatic carboxylic acids is 1. The van der Waals surface area contributed by atoms with Gasteiger partial charge in [0.1, 0.15) is 6.10 Å². The van der Waals surface area contributed by atoms with Crippen LogP contribution in [0.3, 0.4) is 0 Å². The first-order valence-electron chi connectivity index (χ1n) is 3.87. The van der Waals surface area contributed by atoms with Crippen LogP contribution in [-0.2, 0) is 21.9 Å². The summed E-state index contributed by atoms with van der Waals surface area (Å²) in [5.74, 6) is -1.50. The fraction of sp³-hybridized carbons (Fsp3) is 0.857. The molecule has 1 rings (SSSR count).